The smallest absolute Gasteiger partial charge is 0.206 e. The minimum absolute atomic E-state index is 0.138. The largest absolute Gasteiger partial charge is 0.370 e. The second kappa shape index (κ2) is 10.4. The molecule has 2 aromatic rings. The molecule has 0 saturated carbocycles. The van der Waals surface area contributed by atoms with E-state index >= 15 is 0 Å². The van der Waals surface area contributed by atoms with Crippen LogP contribution in [0, 0.1) is 0 Å². The number of hydrogen-bond donors (Lipinski definition) is 2. The average Bonchev–Trinajstić information content (AvgIpc) is 3.46. The van der Waals surface area contributed by atoms with E-state index in [0.29, 0.717) is 19.2 Å². The molecule has 2 unspecified atom stereocenters. The van der Waals surface area contributed by atoms with Crippen LogP contribution in [0.5, 0.6) is 0 Å². The lowest BCUT2D eigenvalue weighted by Gasteiger charge is -2.37. The number of aliphatic imine (C=N–C) groups is 4. The van der Waals surface area contributed by atoms with Crippen LogP contribution in [0.4, 0.5) is 0 Å². The maximum absolute atomic E-state index is 5.86. The summed E-state index contributed by atoms with van der Waals surface area (Å²) >= 11 is 1.76. The Morgan fingerprint density at radius 3 is 2.37 bits per heavy atom. The fraction of sp³-hybridized carbons (Fsp3) is 0.478. The standard InChI is InChI=1S/C23H35N11S/c1-16-25-20(24)29-21(26-16)30(3)12-18-9-10-34(13-18)15-32(5)23-28-17(2)27-22(33(23)6)31(4)14-19-8-7-11-35-19/h7-11,13,16-17H,12,14-15H2,1-6H3,(H3,24,25,26,29). The van der Waals surface area contributed by atoms with Crippen molar-refractivity contribution in [3.8, 4) is 0 Å². The highest BCUT2D eigenvalue weighted by Gasteiger charge is 2.26. The van der Waals surface area contributed by atoms with Crippen molar-refractivity contribution in [3.63, 3.8) is 0 Å². The summed E-state index contributed by atoms with van der Waals surface area (Å²) in [5, 5.41) is 5.14. The molecule has 0 saturated heterocycles. The van der Waals surface area contributed by atoms with Gasteiger partial charge in [0.1, 0.15) is 12.3 Å². The summed E-state index contributed by atoms with van der Waals surface area (Å²) in [6.45, 7) is 6.11. The number of hydrogen-bond acceptors (Lipinski definition) is 11. The van der Waals surface area contributed by atoms with Crippen molar-refractivity contribution in [3.05, 3.63) is 46.4 Å². The van der Waals surface area contributed by atoms with Crippen molar-refractivity contribution in [2.45, 2.75) is 45.9 Å². The third kappa shape index (κ3) is 5.94. The maximum atomic E-state index is 5.86. The first-order valence-electron chi connectivity index (χ1n) is 11.6. The number of aromatic nitrogens is 1. The summed E-state index contributed by atoms with van der Waals surface area (Å²) in [5.41, 5.74) is 7.03. The number of guanidine groups is 4. The van der Waals surface area contributed by atoms with Crippen molar-refractivity contribution < 1.29 is 0 Å². The Hall–Kier alpha value is -3.54. The van der Waals surface area contributed by atoms with Gasteiger partial charge in [0, 0.05) is 52.0 Å². The first-order chi connectivity index (χ1) is 16.7. The van der Waals surface area contributed by atoms with Gasteiger partial charge < -0.3 is 25.0 Å². The zero-order valence-electron chi connectivity index (χ0n) is 21.3. The average molecular weight is 498 g/mol. The molecular formula is C23H35N11S. The molecule has 12 heteroatoms. The van der Waals surface area contributed by atoms with Gasteiger partial charge in [0.05, 0.1) is 13.2 Å². The monoisotopic (exact) mass is 497 g/mol. The van der Waals surface area contributed by atoms with E-state index in [2.05, 4.69) is 84.6 Å². The summed E-state index contributed by atoms with van der Waals surface area (Å²) in [6.07, 6.45) is 3.90. The lowest BCUT2D eigenvalue weighted by atomic mass is 10.3. The Morgan fingerprint density at radius 1 is 0.971 bits per heavy atom. The number of nitrogens with one attached hydrogen (secondary N) is 1. The number of nitrogens with zero attached hydrogens (tertiary/aromatic N) is 9. The van der Waals surface area contributed by atoms with E-state index in [1.807, 2.05) is 32.8 Å². The van der Waals surface area contributed by atoms with Crippen LogP contribution in [0.2, 0.25) is 0 Å². The molecule has 0 fully saturated rings. The van der Waals surface area contributed by atoms with Gasteiger partial charge >= 0.3 is 0 Å². The third-order valence-electron chi connectivity index (χ3n) is 5.70. The van der Waals surface area contributed by atoms with Gasteiger partial charge in [0.25, 0.3) is 0 Å². The molecular weight excluding hydrogens is 462 g/mol. The Kier molecular flexibility index (Phi) is 7.29. The molecule has 4 rings (SSSR count). The van der Waals surface area contributed by atoms with E-state index in [1.54, 1.807) is 11.3 Å². The molecule has 35 heavy (non-hydrogen) atoms. The summed E-state index contributed by atoms with van der Waals surface area (Å²) in [4.78, 5) is 28.0. The lowest BCUT2D eigenvalue weighted by molar-refractivity contribution is 0.344. The van der Waals surface area contributed by atoms with Gasteiger partial charge in [-0.25, -0.2) is 20.0 Å². The molecule has 2 aliphatic heterocycles. The molecule has 2 aliphatic rings. The van der Waals surface area contributed by atoms with Gasteiger partial charge in [-0.1, -0.05) is 6.07 Å². The maximum Gasteiger partial charge on any atom is 0.206 e. The highest BCUT2D eigenvalue weighted by atomic mass is 32.1. The fourth-order valence-electron chi connectivity index (χ4n) is 4.15. The quantitative estimate of drug-likeness (QED) is 0.629. The van der Waals surface area contributed by atoms with Crippen LogP contribution >= 0.6 is 11.3 Å². The van der Waals surface area contributed by atoms with E-state index in [1.165, 1.54) is 10.4 Å². The first kappa shape index (κ1) is 24.6. The van der Waals surface area contributed by atoms with E-state index in [0.717, 1.165) is 24.4 Å². The van der Waals surface area contributed by atoms with Crippen LogP contribution in [-0.2, 0) is 19.8 Å². The van der Waals surface area contributed by atoms with Gasteiger partial charge in [0.2, 0.25) is 17.9 Å². The number of thiophene rings is 1. The van der Waals surface area contributed by atoms with Gasteiger partial charge in [-0.2, -0.15) is 0 Å². The second-order valence-electron chi connectivity index (χ2n) is 8.94. The van der Waals surface area contributed by atoms with Crippen LogP contribution < -0.4 is 11.1 Å². The van der Waals surface area contributed by atoms with Crippen LogP contribution in [-0.4, -0.2) is 88.5 Å². The SMILES string of the molecule is CC1N=C(N)NC(N(C)Cc2ccn(CN(C)C3=NC(C)N=C(N(C)Cc4cccs4)N3C)c2)=N1. The Bertz CT molecular complexity index is 1130. The number of nitrogens with two attached hydrogens (primary N) is 1. The van der Waals surface area contributed by atoms with Crippen molar-refractivity contribution in [2.75, 3.05) is 28.2 Å². The molecule has 2 atom stereocenters. The van der Waals surface area contributed by atoms with Crippen LogP contribution in [0.3, 0.4) is 0 Å². The normalized spacial score (nSPS) is 19.9. The zero-order valence-corrected chi connectivity index (χ0v) is 22.1. The Morgan fingerprint density at radius 2 is 1.69 bits per heavy atom. The van der Waals surface area contributed by atoms with Crippen molar-refractivity contribution in [2.24, 2.45) is 25.7 Å². The highest BCUT2D eigenvalue weighted by Crippen LogP contribution is 2.16. The Labute approximate surface area is 211 Å². The molecule has 0 amide bonds. The molecule has 11 nitrogen and oxygen atoms in total. The van der Waals surface area contributed by atoms with Gasteiger partial charge in [0.15, 0.2) is 5.96 Å². The van der Waals surface area contributed by atoms with Gasteiger partial charge in [-0.15, -0.1) is 11.3 Å². The lowest BCUT2D eigenvalue weighted by Crippen LogP contribution is -2.51. The predicted molar refractivity (Wildman–Crippen MR) is 143 cm³/mol. The first-order valence-corrected chi connectivity index (χ1v) is 12.5. The molecule has 0 radical (unpaired) electrons. The summed E-state index contributed by atoms with van der Waals surface area (Å²) < 4.78 is 2.15. The van der Waals surface area contributed by atoms with E-state index in [-0.39, 0.29) is 12.3 Å². The predicted octanol–water partition coefficient (Wildman–Crippen LogP) is 1.63. The van der Waals surface area contributed by atoms with Gasteiger partial charge in [-0.05, 0) is 36.9 Å². The van der Waals surface area contributed by atoms with Crippen LogP contribution in [0.15, 0.2) is 55.9 Å². The van der Waals surface area contributed by atoms with E-state index in [9.17, 15) is 0 Å². The molecule has 4 heterocycles. The van der Waals surface area contributed by atoms with Crippen LogP contribution in [0.1, 0.15) is 24.3 Å². The highest BCUT2D eigenvalue weighted by molar-refractivity contribution is 7.09. The Balaban J connectivity index is 1.37. The van der Waals surface area contributed by atoms with E-state index in [4.69, 9.17) is 15.7 Å². The van der Waals surface area contributed by atoms with Crippen molar-refractivity contribution in [1.29, 1.82) is 0 Å². The van der Waals surface area contributed by atoms with E-state index < -0.39 is 0 Å². The molecule has 0 bridgehead atoms. The second-order valence-corrected chi connectivity index (χ2v) is 9.97. The summed E-state index contributed by atoms with van der Waals surface area (Å²) in [7, 11) is 8.14. The van der Waals surface area contributed by atoms with Crippen molar-refractivity contribution >= 4 is 35.2 Å². The molecule has 0 spiro atoms. The third-order valence-corrected chi connectivity index (χ3v) is 6.57. The zero-order chi connectivity index (χ0) is 25.1. The molecule has 0 aliphatic carbocycles. The molecule has 0 aromatic carbocycles. The minimum Gasteiger partial charge on any atom is -0.370 e. The summed E-state index contributed by atoms with van der Waals surface area (Å²) in [6, 6.07) is 6.34. The van der Waals surface area contributed by atoms with Gasteiger partial charge in [-0.3, -0.25) is 10.2 Å². The minimum atomic E-state index is -0.180. The fourth-order valence-corrected chi connectivity index (χ4v) is 4.91. The molecule has 2 aromatic heterocycles. The number of rotatable bonds is 6. The molecule has 3 N–H and O–H groups in total. The molecule has 188 valence electrons. The van der Waals surface area contributed by atoms with Crippen LogP contribution in [0.25, 0.3) is 0 Å². The topological polar surface area (TPSA) is 105 Å². The van der Waals surface area contributed by atoms with Crippen molar-refractivity contribution in [1.82, 2.24) is 29.5 Å². The summed E-state index contributed by atoms with van der Waals surface area (Å²) in [5.74, 6) is 2.91.